The monoisotopic (exact) mass is 152 g/mol. The van der Waals surface area contributed by atoms with Crippen molar-refractivity contribution in [2.75, 3.05) is 0 Å². The number of hydrogen-bond donors (Lipinski definition) is 0. The van der Waals surface area contributed by atoms with E-state index in [-0.39, 0.29) is 6.42 Å². The highest BCUT2D eigenvalue weighted by Crippen LogP contribution is 2.07. The first kappa shape index (κ1) is 8.89. The molecule has 0 aliphatic carbocycles. The highest BCUT2D eigenvalue weighted by Gasteiger charge is 2.08. The average Bonchev–Trinajstić information content (AvgIpc) is 1.63. The van der Waals surface area contributed by atoms with Crippen molar-refractivity contribution in [3.8, 4) is 0 Å². The van der Waals surface area contributed by atoms with E-state index in [1.54, 1.807) is 0 Å². The first-order valence-corrected chi connectivity index (χ1v) is 3.37. The maximum absolute atomic E-state index is 12.3. The van der Waals surface area contributed by atoms with E-state index in [1.165, 1.54) is 0 Å². The molecule has 0 heterocycles. The number of carbonyl (C=O) groups is 1. The second kappa shape index (κ2) is 4.74. The molecule has 0 aliphatic heterocycles. The summed E-state index contributed by atoms with van der Waals surface area (Å²) in [6.07, 6.45) is -0.000802. The Morgan fingerprint density at radius 3 is 2.67 bits per heavy atom. The summed E-state index contributed by atoms with van der Waals surface area (Å²) in [5, 5.41) is -0.587. The number of alkyl halides is 1. The van der Waals surface area contributed by atoms with Gasteiger partial charge in [-0.2, -0.15) is 0 Å². The van der Waals surface area contributed by atoms with Gasteiger partial charge in [0.25, 0.3) is 0 Å². The third-order valence-electron chi connectivity index (χ3n) is 0.984. The molecule has 0 fully saturated rings. The van der Waals surface area contributed by atoms with Crippen LogP contribution in [-0.2, 0) is 4.79 Å². The van der Waals surface area contributed by atoms with Crippen LogP contribution in [0.1, 0.15) is 26.2 Å². The van der Waals surface area contributed by atoms with Crippen molar-refractivity contribution in [1.29, 1.82) is 0 Å². The lowest BCUT2D eigenvalue weighted by atomic mass is 10.2. The van der Waals surface area contributed by atoms with Crippen LogP contribution in [0.2, 0.25) is 0 Å². The van der Waals surface area contributed by atoms with Crippen molar-refractivity contribution < 1.29 is 9.18 Å². The Bertz CT molecular complexity index is 95.1. The molecule has 1 nitrogen and oxygen atoms in total. The minimum Gasteiger partial charge on any atom is -0.281 e. The Kier molecular flexibility index (Phi) is 4.68. The molecule has 1 atom stereocenters. The van der Waals surface area contributed by atoms with Gasteiger partial charge in [-0.1, -0.05) is 13.3 Å². The lowest BCUT2D eigenvalue weighted by molar-refractivity contribution is -0.112. The van der Waals surface area contributed by atoms with E-state index in [0.717, 1.165) is 6.42 Å². The van der Waals surface area contributed by atoms with Gasteiger partial charge in [-0.15, -0.1) is 0 Å². The topological polar surface area (TPSA) is 17.1 Å². The third kappa shape index (κ3) is 5.77. The molecule has 0 bridgehead atoms. The Hall–Kier alpha value is -0.110. The highest BCUT2D eigenvalue weighted by molar-refractivity contribution is 6.63. The van der Waals surface area contributed by atoms with E-state index < -0.39 is 11.4 Å². The van der Waals surface area contributed by atoms with Gasteiger partial charge in [0.15, 0.2) is 0 Å². The normalized spacial score (nSPS) is 13.2. The minimum atomic E-state index is -1.04. The molecule has 0 aliphatic rings. The summed E-state index contributed by atoms with van der Waals surface area (Å²) in [4.78, 5) is 10.1. The molecule has 0 saturated heterocycles. The van der Waals surface area contributed by atoms with Gasteiger partial charge < -0.3 is 0 Å². The molecule has 0 rings (SSSR count). The first-order valence-electron chi connectivity index (χ1n) is 2.99. The molecule has 3 heteroatoms. The number of hydrogen-bond acceptors (Lipinski definition) is 1. The van der Waals surface area contributed by atoms with E-state index in [9.17, 15) is 9.18 Å². The van der Waals surface area contributed by atoms with E-state index >= 15 is 0 Å². The van der Waals surface area contributed by atoms with Crippen LogP contribution in [0, 0.1) is 0 Å². The summed E-state index contributed by atoms with van der Waals surface area (Å²) >= 11 is 4.93. The van der Waals surface area contributed by atoms with Crippen molar-refractivity contribution in [3.63, 3.8) is 0 Å². The zero-order chi connectivity index (χ0) is 7.28. The fraction of sp³-hybridized carbons (Fsp3) is 0.833. The average molecular weight is 153 g/mol. The van der Waals surface area contributed by atoms with Crippen LogP contribution < -0.4 is 0 Å². The maximum Gasteiger partial charge on any atom is 0.224 e. The Labute approximate surface area is 59.2 Å². The lowest BCUT2D eigenvalue weighted by Crippen LogP contribution is -2.03. The molecular weight excluding hydrogens is 143 g/mol. The number of rotatable bonds is 4. The molecule has 0 aromatic rings. The Morgan fingerprint density at radius 1 is 1.78 bits per heavy atom. The molecule has 0 N–H and O–H groups in total. The van der Waals surface area contributed by atoms with Gasteiger partial charge in [0.1, 0.15) is 6.17 Å². The van der Waals surface area contributed by atoms with Gasteiger partial charge in [0.2, 0.25) is 5.24 Å². The standard InChI is InChI=1S/C6H10ClFO/c1-2-3-5(8)4-6(7)9/h5H,2-4H2,1H3. The summed E-state index contributed by atoms with van der Waals surface area (Å²) < 4.78 is 12.3. The molecule has 0 aromatic carbocycles. The van der Waals surface area contributed by atoms with Crippen LogP contribution in [0.15, 0.2) is 0 Å². The quantitative estimate of drug-likeness (QED) is 0.565. The smallest absolute Gasteiger partial charge is 0.224 e. The zero-order valence-electron chi connectivity index (χ0n) is 5.36. The van der Waals surface area contributed by atoms with Crippen LogP contribution in [-0.4, -0.2) is 11.4 Å². The minimum absolute atomic E-state index is 0.143. The predicted molar refractivity (Wildman–Crippen MR) is 35.3 cm³/mol. The molecule has 0 saturated carbocycles. The lowest BCUT2D eigenvalue weighted by Gasteiger charge is -1.99. The summed E-state index contributed by atoms with van der Waals surface area (Å²) in [7, 11) is 0. The van der Waals surface area contributed by atoms with E-state index in [1.807, 2.05) is 6.92 Å². The molecule has 0 amide bonds. The second-order valence-corrected chi connectivity index (χ2v) is 2.37. The van der Waals surface area contributed by atoms with Crippen molar-refractivity contribution in [2.45, 2.75) is 32.4 Å². The summed E-state index contributed by atoms with van der Waals surface area (Å²) in [5.41, 5.74) is 0. The fourth-order valence-electron chi connectivity index (χ4n) is 0.589. The van der Waals surface area contributed by atoms with Gasteiger partial charge in [0, 0.05) is 0 Å². The summed E-state index contributed by atoms with van der Waals surface area (Å²) in [6, 6.07) is 0. The summed E-state index contributed by atoms with van der Waals surface area (Å²) in [6.45, 7) is 1.87. The SMILES string of the molecule is CCCC(F)CC(=O)Cl. The number of halogens is 2. The van der Waals surface area contributed by atoms with Crippen LogP contribution in [0.3, 0.4) is 0 Å². The fourth-order valence-corrected chi connectivity index (χ4v) is 0.757. The first-order chi connectivity index (χ1) is 4.16. The molecule has 54 valence electrons. The van der Waals surface area contributed by atoms with Gasteiger partial charge in [-0.3, -0.25) is 4.79 Å². The van der Waals surface area contributed by atoms with Crippen LogP contribution in [0.4, 0.5) is 4.39 Å². The highest BCUT2D eigenvalue weighted by atomic mass is 35.5. The molecule has 0 spiro atoms. The third-order valence-corrected chi connectivity index (χ3v) is 1.14. The zero-order valence-corrected chi connectivity index (χ0v) is 6.12. The summed E-state index contributed by atoms with van der Waals surface area (Å²) in [5.74, 6) is 0. The Morgan fingerprint density at radius 2 is 2.33 bits per heavy atom. The van der Waals surface area contributed by atoms with Crippen LogP contribution in [0.5, 0.6) is 0 Å². The van der Waals surface area contributed by atoms with Crippen molar-refractivity contribution >= 4 is 16.8 Å². The maximum atomic E-state index is 12.3. The second-order valence-electron chi connectivity index (χ2n) is 1.95. The largest absolute Gasteiger partial charge is 0.281 e. The Balaban J connectivity index is 3.26. The van der Waals surface area contributed by atoms with Gasteiger partial charge in [-0.05, 0) is 18.0 Å². The molecular formula is C6H10ClFO. The van der Waals surface area contributed by atoms with Crippen molar-refractivity contribution in [3.05, 3.63) is 0 Å². The number of carbonyl (C=O) groups excluding carboxylic acids is 1. The van der Waals surface area contributed by atoms with E-state index in [0.29, 0.717) is 6.42 Å². The van der Waals surface area contributed by atoms with Gasteiger partial charge in [0.05, 0.1) is 6.42 Å². The molecule has 9 heavy (non-hydrogen) atoms. The van der Waals surface area contributed by atoms with E-state index in [4.69, 9.17) is 11.6 Å². The van der Waals surface area contributed by atoms with Gasteiger partial charge >= 0.3 is 0 Å². The molecule has 0 aromatic heterocycles. The van der Waals surface area contributed by atoms with Crippen LogP contribution in [0.25, 0.3) is 0 Å². The predicted octanol–water partition coefficient (Wildman–Crippen LogP) is 2.28. The molecule has 0 radical (unpaired) electrons. The van der Waals surface area contributed by atoms with Gasteiger partial charge in [-0.25, -0.2) is 4.39 Å². The van der Waals surface area contributed by atoms with Crippen molar-refractivity contribution in [1.82, 2.24) is 0 Å². The van der Waals surface area contributed by atoms with Crippen molar-refractivity contribution in [2.24, 2.45) is 0 Å². The molecule has 1 unspecified atom stereocenters. The van der Waals surface area contributed by atoms with Crippen LogP contribution >= 0.6 is 11.6 Å². The van der Waals surface area contributed by atoms with E-state index in [2.05, 4.69) is 0 Å².